The lowest BCUT2D eigenvalue weighted by Crippen LogP contribution is -2.35. The van der Waals surface area contributed by atoms with E-state index in [0.29, 0.717) is 43.5 Å². The molecule has 2 amide bonds. The molecule has 2 aliphatic heterocycles. The highest BCUT2D eigenvalue weighted by molar-refractivity contribution is 5.89. The van der Waals surface area contributed by atoms with Crippen molar-refractivity contribution in [2.24, 2.45) is 5.92 Å². The van der Waals surface area contributed by atoms with E-state index >= 15 is 0 Å². The molecule has 2 aromatic carbocycles. The predicted octanol–water partition coefficient (Wildman–Crippen LogP) is 1.97. The fourth-order valence-electron chi connectivity index (χ4n) is 3.52. The lowest BCUT2D eigenvalue weighted by atomic mass is 10.1. The van der Waals surface area contributed by atoms with E-state index < -0.39 is 0 Å². The zero-order valence-electron chi connectivity index (χ0n) is 16.8. The number of methoxy groups -OCH3 is 1. The summed E-state index contributed by atoms with van der Waals surface area (Å²) in [4.78, 5) is 26.5. The average Bonchev–Trinajstić information content (AvgIpc) is 3.38. The van der Waals surface area contributed by atoms with Crippen molar-refractivity contribution in [3.05, 3.63) is 48.0 Å². The zero-order valence-corrected chi connectivity index (χ0v) is 16.8. The molecular weight excluding hydrogens is 388 g/mol. The van der Waals surface area contributed by atoms with Crippen molar-refractivity contribution in [3.8, 4) is 23.0 Å². The number of ether oxygens (including phenoxy) is 4. The summed E-state index contributed by atoms with van der Waals surface area (Å²) in [6.07, 6.45) is 0.218. The molecule has 0 saturated carbocycles. The van der Waals surface area contributed by atoms with Crippen LogP contribution in [0.15, 0.2) is 42.5 Å². The van der Waals surface area contributed by atoms with Crippen LogP contribution in [0.4, 0.5) is 0 Å². The summed E-state index contributed by atoms with van der Waals surface area (Å²) >= 11 is 0. The van der Waals surface area contributed by atoms with E-state index in [4.69, 9.17) is 18.9 Å². The average molecular weight is 412 g/mol. The summed E-state index contributed by atoms with van der Waals surface area (Å²) in [5.41, 5.74) is 0.946. The highest BCUT2D eigenvalue weighted by atomic mass is 16.7. The maximum atomic E-state index is 12.4. The van der Waals surface area contributed by atoms with Gasteiger partial charge in [-0.3, -0.25) is 9.59 Å². The van der Waals surface area contributed by atoms with Gasteiger partial charge in [-0.05, 0) is 42.0 Å². The Hall–Kier alpha value is -3.42. The van der Waals surface area contributed by atoms with Crippen molar-refractivity contribution < 1.29 is 28.5 Å². The van der Waals surface area contributed by atoms with Gasteiger partial charge in [0.05, 0.1) is 19.6 Å². The molecule has 30 heavy (non-hydrogen) atoms. The van der Waals surface area contributed by atoms with Gasteiger partial charge in [-0.1, -0.05) is 6.07 Å². The van der Waals surface area contributed by atoms with Crippen molar-refractivity contribution in [1.82, 2.24) is 10.2 Å². The van der Waals surface area contributed by atoms with Crippen LogP contribution in [0.3, 0.4) is 0 Å². The van der Waals surface area contributed by atoms with Crippen LogP contribution in [-0.2, 0) is 16.1 Å². The monoisotopic (exact) mass is 412 g/mol. The molecule has 0 aliphatic carbocycles. The lowest BCUT2D eigenvalue weighted by molar-refractivity contribution is -0.129. The normalized spacial score (nSPS) is 17.2. The molecule has 1 unspecified atom stereocenters. The topological polar surface area (TPSA) is 86.3 Å². The SMILES string of the molecule is COc1ccc(OCCNC(=O)C2CC(=O)N(Cc3ccc4c(c3)OCO4)C2)cc1. The summed E-state index contributed by atoms with van der Waals surface area (Å²) in [6.45, 7) is 1.78. The first kappa shape index (κ1) is 19.9. The van der Waals surface area contributed by atoms with Gasteiger partial charge in [0, 0.05) is 19.5 Å². The fraction of sp³-hybridized carbons (Fsp3) is 0.364. The molecule has 1 N–H and O–H groups in total. The summed E-state index contributed by atoms with van der Waals surface area (Å²) in [5.74, 6) is 2.35. The number of hydrogen-bond acceptors (Lipinski definition) is 6. The van der Waals surface area contributed by atoms with E-state index in [1.54, 1.807) is 12.0 Å². The first-order valence-electron chi connectivity index (χ1n) is 9.83. The molecule has 0 aromatic heterocycles. The predicted molar refractivity (Wildman–Crippen MR) is 108 cm³/mol. The number of benzene rings is 2. The third-order valence-electron chi connectivity index (χ3n) is 5.13. The number of carbonyl (C=O) groups is 2. The zero-order chi connectivity index (χ0) is 20.9. The largest absolute Gasteiger partial charge is 0.497 e. The van der Waals surface area contributed by atoms with Crippen LogP contribution in [0, 0.1) is 5.92 Å². The van der Waals surface area contributed by atoms with Crippen LogP contribution in [-0.4, -0.2) is 50.3 Å². The van der Waals surface area contributed by atoms with Gasteiger partial charge in [-0.15, -0.1) is 0 Å². The molecule has 2 aromatic rings. The minimum atomic E-state index is -0.354. The molecule has 8 nitrogen and oxygen atoms in total. The number of nitrogens with zero attached hydrogens (tertiary/aromatic N) is 1. The number of rotatable bonds is 8. The fourth-order valence-corrected chi connectivity index (χ4v) is 3.52. The van der Waals surface area contributed by atoms with Crippen LogP contribution in [0.5, 0.6) is 23.0 Å². The Morgan fingerprint density at radius 1 is 1.13 bits per heavy atom. The molecular formula is C22H24N2O6. The maximum Gasteiger partial charge on any atom is 0.231 e. The number of hydrogen-bond donors (Lipinski definition) is 1. The van der Waals surface area contributed by atoms with Crippen LogP contribution in [0.2, 0.25) is 0 Å². The Kier molecular flexibility index (Phi) is 5.92. The summed E-state index contributed by atoms with van der Waals surface area (Å²) in [5, 5.41) is 2.85. The second kappa shape index (κ2) is 8.94. The first-order valence-corrected chi connectivity index (χ1v) is 9.83. The minimum Gasteiger partial charge on any atom is -0.497 e. The summed E-state index contributed by atoms with van der Waals surface area (Å²) in [6, 6.07) is 12.9. The molecule has 0 bridgehead atoms. The van der Waals surface area contributed by atoms with Crippen LogP contribution in [0.1, 0.15) is 12.0 Å². The highest BCUT2D eigenvalue weighted by Gasteiger charge is 2.34. The molecule has 1 saturated heterocycles. The standard InChI is InChI=1S/C22H24N2O6/c1-27-17-3-5-18(6-4-17)28-9-8-23-22(26)16-11-21(25)24(13-16)12-15-2-7-19-20(10-15)30-14-29-19/h2-7,10,16H,8-9,11-14H2,1H3,(H,23,26). The third kappa shape index (κ3) is 4.59. The van der Waals surface area contributed by atoms with Crippen molar-refractivity contribution in [3.63, 3.8) is 0 Å². The van der Waals surface area contributed by atoms with E-state index in [9.17, 15) is 9.59 Å². The second-order valence-corrected chi connectivity index (χ2v) is 7.18. The van der Waals surface area contributed by atoms with E-state index in [1.165, 1.54) is 0 Å². The van der Waals surface area contributed by atoms with Crippen molar-refractivity contribution >= 4 is 11.8 Å². The molecule has 158 valence electrons. The van der Waals surface area contributed by atoms with Gasteiger partial charge in [0.2, 0.25) is 18.6 Å². The number of likely N-dealkylation sites (tertiary alicyclic amines) is 1. The maximum absolute atomic E-state index is 12.4. The minimum absolute atomic E-state index is 0.0256. The summed E-state index contributed by atoms with van der Waals surface area (Å²) in [7, 11) is 1.61. The molecule has 8 heteroatoms. The van der Waals surface area contributed by atoms with Crippen molar-refractivity contribution in [2.75, 3.05) is 33.6 Å². The number of carbonyl (C=O) groups excluding carboxylic acids is 2. The van der Waals surface area contributed by atoms with Crippen molar-refractivity contribution in [1.29, 1.82) is 0 Å². The number of amides is 2. The third-order valence-corrected chi connectivity index (χ3v) is 5.13. The molecule has 1 atom stereocenters. The van der Waals surface area contributed by atoms with Crippen LogP contribution in [0.25, 0.3) is 0 Å². The number of fused-ring (bicyclic) bond motifs is 1. The van der Waals surface area contributed by atoms with Crippen LogP contribution >= 0.6 is 0 Å². The van der Waals surface area contributed by atoms with E-state index in [-0.39, 0.29) is 30.9 Å². The smallest absolute Gasteiger partial charge is 0.231 e. The van der Waals surface area contributed by atoms with E-state index in [1.807, 2.05) is 42.5 Å². The second-order valence-electron chi connectivity index (χ2n) is 7.18. The van der Waals surface area contributed by atoms with Gasteiger partial charge in [0.15, 0.2) is 11.5 Å². The molecule has 2 heterocycles. The van der Waals surface area contributed by atoms with Gasteiger partial charge in [0.25, 0.3) is 0 Å². The Bertz CT molecular complexity index is 914. The molecule has 4 rings (SSSR count). The van der Waals surface area contributed by atoms with Gasteiger partial charge in [0.1, 0.15) is 18.1 Å². The number of nitrogens with one attached hydrogen (secondary N) is 1. The lowest BCUT2D eigenvalue weighted by Gasteiger charge is -2.17. The Balaban J connectivity index is 1.21. The Morgan fingerprint density at radius 2 is 1.90 bits per heavy atom. The van der Waals surface area contributed by atoms with Gasteiger partial charge in [-0.2, -0.15) is 0 Å². The Labute approximate surface area is 174 Å². The molecule has 0 spiro atoms. The van der Waals surface area contributed by atoms with E-state index in [0.717, 1.165) is 11.3 Å². The molecule has 0 radical (unpaired) electrons. The Morgan fingerprint density at radius 3 is 2.70 bits per heavy atom. The highest BCUT2D eigenvalue weighted by Crippen LogP contribution is 2.33. The van der Waals surface area contributed by atoms with E-state index in [2.05, 4.69) is 5.32 Å². The first-order chi connectivity index (χ1) is 14.6. The quantitative estimate of drug-likeness (QED) is 0.667. The van der Waals surface area contributed by atoms with Crippen LogP contribution < -0.4 is 24.3 Å². The molecule has 1 fully saturated rings. The summed E-state index contributed by atoms with van der Waals surface area (Å²) < 4.78 is 21.4. The van der Waals surface area contributed by atoms with Gasteiger partial charge >= 0.3 is 0 Å². The van der Waals surface area contributed by atoms with Gasteiger partial charge in [-0.25, -0.2) is 0 Å². The molecule has 2 aliphatic rings. The van der Waals surface area contributed by atoms with Gasteiger partial charge < -0.3 is 29.2 Å². The van der Waals surface area contributed by atoms with Crippen molar-refractivity contribution in [2.45, 2.75) is 13.0 Å².